The number of anilines is 1. The summed E-state index contributed by atoms with van der Waals surface area (Å²) in [6.45, 7) is 2.22. The molecule has 0 radical (unpaired) electrons. The van der Waals surface area contributed by atoms with E-state index in [0.29, 0.717) is 12.6 Å². The summed E-state index contributed by atoms with van der Waals surface area (Å²) >= 11 is 0. The van der Waals surface area contributed by atoms with Crippen LogP contribution < -0.4 is 16.1 Å². The average Bonchev–Trinajstić information content (AvgIpc) is 2.65. The Labute approximate surface area is 160 Å². The number of pyridine rings is 1. The van der Waals surface area contributed by atoms with E-state index in [0.717, 1.165) is 12.1 Å². The Balaban J connectivity index is 2.06. The number of carbonyl (C=O) groups excluding carboxylic acids is 2. The third kappa shape index (κ3) is 6.09. The van der Waals surface area contributed by atoms with E-state index in [1.807, 2.05) is 0 Å². The lowest BCUT2D eigenvalue weighted by molar-refractivity contribution is 0.0509. The van der Waals surface area contributed by atoms with Gasteiger partial charge in [-0.2, -0.15) is 5.10 Å². The molecule has 1 aromatic carbocycles. The zero-order valence-electron chi connectivity index (χ0n) is 15.3. The van der Waals surface area contributed by atoms with Gasteiger partial charge in [-0.15, -0.1) is 0 Å². The standard InChI is InChI=1S/C18H19F2N5O3/c1-11(16-15(4-3-5-22-16)17(26)28-7-6-21-2)24-25-18(27)23-14-9-12(19)8-13(20)10-14/h3-5,8-10,21H,6-7H2,1-2H3,(H2,23,25,27)/b24-11+. The number of aromatic nitrogens is 1. The van der Waals surface area contributed by atoms with Gasteiger partial charge in [0.25, 0.3) is 0 Å². The van der Waals surface area contributed by atoms with Crippen LogP contribution in [0.1, 0.15) is 23.0 Å². The number of hydrogen-bond donors (Lipinski definition) is 3. The fourth-order valence-corrected chi connectivity index (χ4v) is 2.15. The second-order valence-electron chi connectivity index (χ2n) is 5.56. The van der Waals surface area contributed by atoms with Crippen molar-refractivity contribution in [2.75, 3.05) is 25.5 Å². The summed E-state index contributed by atoms with van der Waals surface area (Å²) in [7, 11) is 1.73. The fourth-order valence-electron chi connectivity index (χ4n) is 2.15. The monoisotopic (exact) mass is 391 g/mol. The van der Waals surface area contributed by atoms with Gasteiger partial charge in [0.15, 0.2) is 0 Å². The Hall–Kier alpha value is -3.40. The molecular formula is C18H19F2N5O3. The Kier molecular flexibility index (Phi) is 7.52. The van der Waals surface area contributed by atoms with Crippen molar-refractivity contribution in [3.05, 3.63) is 59.4 Å². The predicted molar refractivity (Wildman–Crippen MR) is 99.2 cm³/mol. The smallest absolute Gasteiger partial charge is 0.340 e. The minimum Gasteiger partial charge on any atom is -0.461 e. The van der Waals surface area contributed by atoms with Crippen molar-refractivity contribution in [3.8, 4) is 0 Å². The number of benzene rings is 1. The van der Waals surface area contributed by atoms with Crippen molar-refractivity contribution in [2.24, 2.45) is 5.10 Å². The van der Waals surface area contributed by atoms with E-state index in [1.165, 1.54) is 19.2 Å². The van der Waals surface area contributed by atoms with Crippen LogP contribution in [0, 0.1) is 11.6 Å². The summed E-state index contributed by atoms with van der Waals surface area (Å²) in [5, 5.41) is 8.96. The van der Waals surface area contributed by atoms with Crippen molar-refractivity contribution >= 4 is 23.4 Å². The van der Waals surface area contributed by atoms with E-state index in [-0.39, 0.29) is 29.3 Å². The highest BCUT2D eigenvalue weighted by Gasteiger charge is 2.16. The highest BCUT2D eigenvalue weighted by atomic mass is 19.1. The van der Waals surface area contributed by atoms with Gasteiger partial charge >= 0.3 is 12.0 Å². The van der Waals surface area contributed by atoms with Gasteiger partial charge in [-0.3, -0.25) is 4.98 Å². The van der Waals surface area contributed by atoms with Gasteiger partial charge < -0.3 is 15.4 Å². The van der Waals surface area contributed by atoms with Gasteiger partial charge in [0, 0.05) is 24.5 Å². The molecule has 0 bridgehead atoms. The van der Waals surface area contributed by atoms with Crippen LogP contribution in [0.25, 0.3) is 0 Å². The second-order valence-corrected chi connectivity index (χ2v) is 5.56. The molecule has 0 spiro atoms. The maximum Gasteiger partial charge on any atom is 0.340 e. The summed E-state index contributed by atoms with van der Waals surface area (Å²) in [6.07, 6.45) is 1.47. The number of nitrogens with zero attached hydrogens (tertiary/aromatic N) is 2. The van der Waals surface area contributed by atoms with Crippen LogP contribution in [0.4, 0.5) is 19.3 Å². The lowest BCUT2D eigenvalue weighted by Gasteiger charge is -2.09. The molecule has 10 heteroatoms. The van der Waals surface area contributed by atoms with Crippen LogP contribution in [0.5, 0.6) is 0 Å². The van der Waals surface area contributed by atoms with Crippen molar-refractivity contribution < 1.29 is 23.1 Å². The predicted octanol–water partition coefficient (Wildman–Crippen LogP) is 2.28. The Bertz CT molecular complexity index is 869. The van der Waals surface area contributed by atoms with E-state index in [1.54, 1.807) is 13.1 Å². The van der Waals surface area contributed by atoms with Crippen LogP contribution in [0.3, 0.4) is 0 Å². The minimum absolute atomic E-state index is 0.0745. The number of ether oxygens (including phenoxy) is 1. The van der Waals surface area contributed by atoms with Crippen LogP contribution in [-0.4, -0.2) is 42.9 Å². The molecule has 0 atom stereocenters. The number of nitrogens with one attached hydrogen (secondary N) is 3. The number of hydrogen-bond acceptors (Lipinski definition) is 6. The van der Waals surface area contributed by atoms with Crippen molar-refractivity contribution in [1.82, 2.24) is 15.7 Å². The van der Waals surface area contributed by atoms with E-state index >= 15 is 0 Å². The molecule has 28 heavy (non-hydrogen) atoms. The lowest BCUT2D eigenvalue weighted by Crippen LogP contribution is -2.26. The maximum absolute atomic E-state index is 13.1. The summed E-state index contributed by atoms with van der Waals surface area (Å²) in [4.78, 5) is 28.1. The summed E-state index contributed by atoms with van der Waals surface area (Å²) in [6, 6.07) is 4.87. The quantitative estimate of drug-likeness (QED) is 0.291. The van der Waals surface area contributed by atoms with Gasteiger partial charge in [0.2, 0.25) is 0 Å². The molecule has 0 saturated heterocycles. The van der Waals surface area contributed by atoms with Gasteiger partial charge in [-0.1, -0.05) is 0 Å². The van der Waals surface area contributed by atoms with E-state index in [2.05, 4.69) is 26.1 Å². The first-order valence-corrected chi connectivity index (χ1v) is 8.25. The van der Waals surface area contributed by atoms with E-state index in [4.69, 9.17) is 4.74 Å². The third-order valence-electron chi connectivity index (χ3n) is 3.40. The van der Waals surface area contributed by atoms with Gasteiger partial charge in [0.05, 0.1) is 11.3 Å². The number of esters is 1. The number of rotatable bonds is 7. The SMILES string of the molecule is CNCCOC(=O)c1cccnc1/C(C)=N/NC(=O)Nc1cc(F)cc(F)c1. The van der Waals surface area contributed by atoms with Crippen LogP contribution in [0.2, 0.25) is 0 Å². The molecule has 2 rings (SSSR count). The molecule has 1 heterocycles. The van der Waals surface area contributed by atoms with Gasteiger partial charge in [-0.05, 0) is 38.2 Å². The number of amides is 2. The molecule has 0 aliphatic heterocycles. The molecule has 1 aromatic heterocycles. The highest BCUT2D eigenvalue weighted by molar-refractivity contribution is 6.06. The van der Waals surface area contributed by atoms with Gasteiger partial charge in [-0.25, -0.2) is 23.8 Å². The zero-order chi connectivity index (χ0) is 20.5. The second kappa shape index (κ2) is 10.1. The van der Waals surface area contributed by atoms with Crippen molar-refractivity contribution in [1.29, 1.82) is 0 Å². The first-order chi connectivity index (χ1) is 13.4. The zero-order valence-corrected chi connectivity index (χ0v) is 15.3. The number of urea groups is 1. The summed E-state index contributed by atoms with van der Waals surface area (Å²) in [5.74, 6) is -2.23. The Morgan fingerprint density at radius 3 is 2.61 bits per heavy atom. The lowest BCUT2D eigenvalue weighted by atomic mass is 10.1. The van der Waals surface area contributed by atoms with Crippen molar-refractivity contribution in [2.45, 2.75) is 6.92 Å². The van der Waals surface area contributed by atoms with Crippen LogP contribution in [-0.2, 0) is 4.74 Å². The van der Waals surface area contributed by atoms with Gasteiger partial charge in [0.1, 0.15) is 23.9 Å². The van der Waals surface area contributed by atoms with E-state index < -0.39 is 23.6 Å². The molecule has 8 nitrogen and oxygen atoms in total. The average molecular weight is 391 g/mol. The fraction of sp³-hybridized carbons (Fsp3) is 0.222. The van der Waals surface area contributed by atoms with E-state index in [9.17, 15) is 18.4 Å². The number of carbonyl (C=O) groups is 2. The number of halogens is 2. The molecule has 0 aliphatic rings. The van der Waals surface area contributed by atoms with Crippen LogP contribution in [0.15, 0.2) is 41.6 Å². The Morgan fingerprint density at radius 2 is 1.93 bits per heavy atom. The summed E-state index contributed by atoms with van der Waals surface area (Å²) in [5.41, 5.74) is 2.76. The first kappa shape index (κ1) is 20.9. The number of hydrazone groups is 1. The largest absolute Gasteiger partial charge is 0.461 e. The molecule has 0 aliphatic carbocycles. The van der Waals surface area contributed by atoms with Crippen LogP contribution >= 0.6 is 0 Å². The van der Waals surface area contributed by atoms with Crippen molar-refractivity contribution in [3.63, 3.8) is 0 Å². The maximum atomic E-state index is 13.1. The topological polar surface area (TPSA) is 105 Å². The third-order valence-corrected chi connectivity index (χ3v) is 3.40. The molecule has 2 aromatic rings. The first-order valence-electron chi connectivity index (χ1n) is 8.25. The molecule has 3 N–H and O–H groups in total. The summed E-state index contributed by atoms with van der Waals surface area (Å²) < 4.78 is 31.4. The number of likely N-dealkylation sites (N-methyl/N-ethyl adjacent to an activating group) is 1. The normalized spacial score (nSPS) is 11.1. The minimum atomic E-state index is -0.829. The molecule has 0 fully saturated rings. The molecule has 148 valence electrons. The molecule has 0 saturated carbocycles. The molecular weight excluding hydrogens is 372 g/mol. The Morgan fingerprint density at radius 1 is 1.21 bits per heavy atom. The molecule has 2 amide bonds. The highest BCUT2D eigenvalue weighted by Crippen LogP contribution is 2.13. The molecule has 0 unspecified atom stereocenters.